The second-order valence-corrected chi connectivity index (χ2v) is 22.6. The highest BCUT2D eigenvalue weighted by molar-refractivity contribution is 5.95. The first kappa shape index (κ1) is 43.7. The fourth-order valence-electron chi connectivity index (χ4n) is 13.3. The number of imidazole rings is 2. The second-order valence-electron chi connectivity index (χ2n) is 22.6. The number of benzene rings is 10. The summed E-state index contributed by atoms with van der Waals surface area (Å²) < 4.78 is 4.57. The van der Waals surface area contributed by atoms with Gasteiger partial charge in [-0.25, -0.2) is 9.97 Å². The van der Waals surface area contributed by atoms with Crippen molar-refractivity contribution in [1.29, 1.82) is 0 Å². The predicted molar refractivity (Wildman–Crippen MR) is 310 cm³/mol. The number of rotatable bonds is 6. The Bertz CT molecular complexity index is 4090. The molecule has 12 aromatic rings. The first-order chi connectivity index (χ1) is 36.4. The lowest BCUT2D eigenvalue weighted by Gasteiger charge is -2.25. The molecule has 0 aliphatic heterocycles. The van der Waals surface area contributed by atoms with Gasteiger partial charge in [-0.2, -0.15) is 0 Å². The van der Waals surface area contributed by atoms with Gasteiger partial charge in [-0.15, -0.1) is 0 Å². The molecule has 10 aromatic carbocycles. The van der Waals surface area contributed by atoms with Gasteiger partial charge in [0.2, 0.25) is 0 Å². The zero-order valence-electron chi connectivity index (χ0n) is 43.1. The summed E-state index contributed by atoms with van der Waals surface area (Å²) in [6.07, 6.45) is 0. The van der Waals surface area contributed by atoms with E-state index < -0.39 is 0 Å². The van der Waals surface area contributed by atoms with E-state index in [0.717, 1.165) is 56.2 Å². The Morgan fingerprint density at radius 1 is 0.267 bits per heavy atom. The van der Waals surface area contributed by atoms with Crippen LogP contribution in [0.5, 0.6) is 0 Å². The molecular weight excluding hydrogens is 909 g/mol. The molecule has 2 aromatic heterocycles. The lowest BCUT2D eigenvalue weighted by atomic mass is 9.78. The highest BCUT2D eigenvalue weighted by Gasteiger charge is 2.45. The van der Waals surface area contributed by atoms with Crippen molar-refractivity contribution in [3.63, 3.8) is 0 Å². The first-order valence-corrected chi connectivity index (χ1v) is 26.4. The van der Waals surface area contributed by atoms with Gasteiger partial charge < -0.3 is 0 Å². The molecule has 0 atom stereocenters. The third kappa shape index (κ3) is 6.29. The normalized spacial score (nSPS) is 14.9. The molecule has 0 bridgehead atoms. The van der Waals surface area contributed by atoms with Gasteiger partial charge in [-0.05, 0) is 186 Å². The van der Waals surface area contributed by atoms with Gasteiger partial charge in [0, 0.05) is 38.7 Å². The molecule has 358 valence electrons. The van der Waals surface area contributed by atoms with E-state index in [1.54, 1.807) is 0 Å². The standard InChI is InChI=1S/C71H54N4/c1-69(2)57-37-45(43-19-17-21-47(35-43)67-72-63-27-13-15-29-65(63)74(67)49-23-9-7-10-24-49)31-33-51(57)53-39-61-55(41-59(53)69)56-42-60-54(40-62(56)71(61,5)6)52-34-32-46(38-58(52)70(60,3)4)44-20-18-22-48(36-44)68-73-64-28-14-16-30-66(64)75(68)50-25-11-8-12-26-50/h7-42H,1-6H3. The molecule has 75 heavy (non-hydrogen) atoms. The van der Waals surface area contributed by atoms with Gasteiger partial charge in [0.05, 0.1) is 22.1 Å². The van der Waals surface area contributed by atoms with Crippen LogP contribution in [-0.2, 0) is 16.2 Å². The van der Waals surface area contributed by atoms with Crippen LogP contribution in [0.2, 0.25) is 0 Å². The van der Waals surface area contributed by atoms with Crippen molar-refractivity contribution in [2.75, 3.05) is 0 Å². The number of fused-ring (bicyclic) bond motifs is 11. The van der Waals surface area contributed by atoms with Gasteiger partial charge in [0.15, 0.2) is 0 Å². The van der Waals surface area contributed by atoms with Crippen LogP contribution >= 0.6 is 0 Å². The number of para-hydroxylation sites is 6. The van der Waals surface area contributed by atoms with E-state index >= 15 is 0 Å². The van der Waals surface area contributed by atoms with Crippen LogP contribution in [0.15, 0.2) is 218 Å². The zero-order chi connectivity index (χ0) is 50.5. The Labute approximate surface area is 438 Å². The lowest BCUT2D eigenvalue weighted by Crippen LogP contribution is -2.17. The largest absolute Gasteiger partial charge is 0.292 e. The highest BCUT2D eigenvalue weighted by atomic mass is 15.1. The van der Waals surface area contributed by atoms with Crippen molar-refractivity contribution in [2.45, 2.75) is 57.8 Å². The second kappa shape index (κ2) is 15.6. The van der Waals surface area contributed by atoms with E-state index in [1.807, 2.05) is 0 Å². The van der Waals surface area contributed by atoms with E-state index in [1.165, 1.54) is 89.0 Å². The van der Waals surface area contributed by atoms with E-state index in [4.69, 9.17) is 9.97 Å². The van der Waals surface area contributed by atoms with E-state index in [-0.39, 0.29) is 16.2 Å². The summed E-state index contributed by atoms with van der Waals surface area (Å²) in [5.41, 5.74) is 29.3. The van der Waals surface area contributed by atoms with Crippen LogP contribution < -0.4 is 0 Å². The van der Waals surface area contributed by atoms with Crippen LogP contribution in [0.4, 0.5) is 0 Å². The average Bonchev–Trinajstić information content (AvgIpc) is 4.33. The van der Waals surface area contributed by atoms with Crippen LogP contribution in [0.3, 0.4) is 0 Å². The molecule has 0 fully saturated rings. The van der Waals surface area contributed by atoms with Crippen molar-refractivity contribution in [1.82, 2.24) is 19.1 Å². The van der Waals surface area contributed by atoms with Gasteiger partial charge in [0.25, 0.3) is 0 Å². The first-order valence-electron chi connectivity index (χ1n) is 26.4. The molecule has 0 amide bonds. The molecule has 0 spiro atoms. The highest BCUT2D eigenvalue weighted by Crippen LogP contribution is 2.60. The van der Waals surface area contributed by atoms with Crippen molar-refractivity contribution in [3.8, 4) is 89.8 Å². The van der Waals surface area contributed by atoms with Crippen molar-refractivity contribution in [2.24, 2.45) is 0 Å². The maximum Gasteiger partial charge on any atom is 0.145 e. The Morgan fingerprint density at radius 2 is 0.587 bits per heavy atom. The summed E-state index contributed by atoms with van der Waals surface area (Å²) in [5, 5.41) is 0. The van der Waals surface area contributed by atoms with Gasteiger partial charge in [-0.1, -0.05) is 163 Å². The zero-order valence-corrected chi connectivity index (χ0v) is 43.1. The van der Waals surface area contributed by atoms with Crippen LogP contribution in [-0.4, -0.2) is 19.1 Å². The molecule has 2 heterocycles. The Morgan fingerprint density at radius 3 is 0.987 bits per heavy atom. The fraction of sp³-hybridized carbons (Fsp3) is 0.127. The number of aromatic nitrogens is 4. The summed E-state index contributed by atoms with van der Waals surface area (Å²) in [6, 6.07) is 80.4. The number of hydrogen-bond acceptors (Lipinski definition) is 2. The minimum absolute atomic E-state index is 0.179. The third-order valence-electron chi connectivity index (χ3n) is 17.3. The predicted octanol–water partition coefficient (Wildman–Crippen LogP) is 18.0. The van der Waals surface area contributed by atoms with Gasteiger partial charge in [0.1, 0.15) is 11.6 Å². The molecule has 0 N–H and O–H groups in total. The van der Waals surface area contributed by atoms with Gasteiger partial charge in [-0.3, -0.25) is 9.13 Å². The minimum Gasteiger partial charge on any atom is -0.292 e. The molecule has 4 nitrogen and oxygen atoms in total. The summed E-state index contributed by atoms with van der Waals surface area (Å²) in [7, 11) is 0. The Balaban J connectivity index is 0.773. The maximum absolute atomic E-state index is 5.20. The maximum atomic E-state index is 5.20. The molecule has 0 saturated heterocycles. The van der Waals surface area contributed by atoms with Crippen molar-refractivity contribution >= 4 is 22.1 Å². The van der Waals surface area contributed by atoms with Gasteiger partial charge >= 0.3 is 0 Å². The molecule has 4 heteroatoms. The molecule has 0 saturated carbocycles. The molecule has 0 radical (unpaired) electrons. The average molecular weight is 963 g/mol. The number of hydrogen-bond donors (Lipinski definition) is 0. The summed E-state index contributed by atoms with van der Waals surface area (Å²) in [4.78, 5) is 10.4. The Kier molecular flexibility index (Phi) is 9.08. The van der Waals surface area contributed by atoms with E-state index in [0.29, 0.717) is 0 Å². The van der Waals surface area contributed by atoms with E-state index in [2.05, 4.69) is 269 Å². The molecular formula is C71H54N4. The smallest absolute Gasteiger partial charge is 0.145 e. The SMILES string of the molecule is CC1(C)c2cc(-c3cccc(-c4nc5ccccc5n4-c4ccccc4)c3)ccc2-c2cc3c(cc21)-c1cc2c(cc1C3(C)C)-c1ccc(-c3cccc(-c4nc5ccccc5n4-c4ccccc4)c3)cc1C2(C)C. The van der Waals surface area contributed by atoms with Crippen LogP contribution in [0, 0.1) is 0 Å². The van der Waals surface area contributed by atoms with Crippen molar-refractivity contribution < 1.29 is 0 Å². The fourth-order valence-corrected chi connectivity index (χ4v) is 13.3. The molecule has 0 unspecified atom stereocenters. The minimum atomic E-state index is -0.199. The summed E-state index contributed by atoms with van der Waals surface area (Å²) in [5.74, 6) is 1.88. The third-order valence-corrected chi connectivity index (χ3v) is 17.3. The quantitative estimate of drug-likeness (QED) is 0.166. The lowest BCUT2D eigenvalue weighted by molar-refractivity contribution is 0.649. The van der Waals surface area contributed by atoms with E-state index in [9.17, 15) is 0 Å². The topological polar surface area (TPSA) is 35.6 Å². The summed E-state index contributed by atoms with van der Waals surface area (Å²) >= 11 is 0. The molecule has 3 aliphatic rings. The Hall–Kier alpha value is -8.86. The number of nitrogens with zero attached hydrogens (tertiary/aromatic N) is 4. The monoisotopic (exact) mass is 962 g/mol. The van der Waals surface area contributed by atoms with Crippen LogP contribution in [0.1, 0.15) is 74.9 Å². The molecule has 15 rings (SSSR count). The van der Waals surface area contributed by atoms with Crippen LogP contribution in [0.25, 0.3) is 112 Å². The molecule has 3 aliphatic carbocycles. The van der Waals surface area contributed by atoms with Crippen molar-refractivity contribution in [3.05, 3.63) is 252 Å². The summed E-state index contributed by atoms with van der Waals surface area (Å²) in [6.45, 7) is 14.5.